The van der Waals surface area contributed by atoms with Crippen molar-refractivity contribution in [3.05, 3.63) is 54.6 Å². The van der Waals surface area contributed by atoms with E-state index in [1.54, 1.807) is 14.2 Å². The third kappa shape index (κ3) is 3.83. The molecule has 5 heteroatoms. The van der Waals surface area contributed by atoms with Crippen molar-refractivity contribution in [3.8, 4) is 17.2 Å². The molecule has 0 N–H and O–H groups in total. The van der Waals surface area contributed by atoms with Gasteiger partial charge in [-0.25, -0.2) is 0 Å². The van der Waals surface area contributed by atoms with Gasteiger partial charge in [-0.05, 0) is 36.4 Å². The Hall–Kier alpha value is -1.82. The molecule has 0 saturated heterocycles. The maximum absolute atomic E-state index is 5.74. The van der Waals surface area contributed by atoms with Gasteiger partial charge in [-0.15, -0.1) is 0 Å². The summed E-state index contributed by atoms with van der Waals surface area (Å²) in [6.45, 7) is 1.83. The van der Waals surface area contributed by atoms with Crippen molar-refractivity contribution in [1.29, 1.82) is 0 Å². The first-order valence-electron chi connectivity index (χ1n) is 6.27. The van der Waals surface area contributed by atoms with Gasteiger partial charge in [-0.3, -0.25) is 0 Å². The second-order valence-corrected chi connectivity index (χ2v) is 7.00. The summed E-state index contributed by atoms with van der Waals surface area (Å²) in [4.78, 5) is 0. The van der Waals surface area contributed by atoms with Crippen LogP contribution in [0.25, 0.3) is 0 Å². The fraction of sp³-hybridized carbons (Fsp3) is 0.200. The van der Waals surface area contributed by atoms with Crippen molar-refractivity contribution in [3.63, 3.8) is 0 Å². The van der Waals surface area contributed by atoms with Crippen LogP contribution in [0, 0.1) is 0 Å². The molecule has 0 aliphatic heterocycles. The lowest BCUT2D eigenvalue weighted by Crippen LogP contribution is -2.43. The monoisotopic (exact) mass is 290 g/mol. The quantitative estimate of drug-likeness (QED) is 0.760. The van der Waals surface area contributed by atoms with Gasteiger partial charge < -0.3 is 18.0 Å². The van der Waals surface area contributed by atoms with Crippen LogP contribution >= 0.6 is 0 Å². The Labute approximate surface area is 120 Å². The van der Waals surface area contributed by atoms with Crippen molar-refractivity contribution in [2.24, 2.45) is 0 Å². The summed E-state index contributed by atoms with van der Waals surface area (Å²) in [6.07, 6.45) is 0. The van der Waals surface area contributed by atoms with Gasteiger partial charge in [0.1, 0.15) is 17.2 Å². The van der Waals surface area contributed by atoms with E-state index in [1.807, 2.05) is 61.1 Å². The maximum Gasteiger partial charge on any atom is 0.562 e. The van der Waals surface area contributed by atoms with Gasteiger partial charge in [-0.1, -0.05) is 18.2 Å². The topological polar surface area (TPSA) is 36.9 Å². The van der Waals surface area contributed by atoms with Crippen LogP contribution < -0.4 is 9.16 Å². The van der Waals surface area contributed by atoms with Crippen molar-refractivity contribution in [2.45, 2.75) is 6.55 Å². The second kappa shape index (κ2) is 6.56. The van der Waals surface area contributed by atoms with E-state index in [4.69, 9.17) is 18.0 Å². The number of ether oxygens (including phenoxy) is 1. The van der Waals surface area contributed by atoms with Crippen molar-refractivity contribution in [1.82, 2.24) is 0 Å². The minimum atomic E-state index is -2.57. The lowest BCUT2D eigenvalue weighted by molar-refractivity contribution is 0.169. The van der Waals surface area contributed by atoms with Gasteiger partial charge in [0.25, 0.3) is 0 Å². The molecule has 0 aliphatic rings. The standard InChI is InChI=1S/C15H18O4Si/c1-16-20(3,17-2)19-15-11-9-14(10-12-15)18-13-7-5-4-6-8-13/h4-12H,1-3H3. The molecule has 106 valence electrons. The Kier molecular flexibility index (Phi) is 4.78. The highest BCUT2D eigenvalue weighted by Gasteiger charge is 2.34. The van der Waals surface area contributed by atoms with E-state index in [2.05, 4.69) is 0 Å². The van der Waals surface area contributed by atoms with Crippen LogP contribution in [0.1, 0.15) is 0 Å². The van der Waals surface area contributed by atoms with E-state index in [0.29, 0.717) is 5.75 Å². The van der Waals surface area contributed by atoms with Crippen LogP contribution in [0.15, 0.2) is 54.6 Å². The summed E-state index contributed by atoms with van der Waals surface area (Å²) < 4.78 is 22.0. The van der Waals surface area contributed by atoms with Gasteiger partial charge in [-0.2, -0.15) is 0 Å². The Morgan fingerprint density at radius 2 is 1.20 bits per heavy atom. The van der Waals surface area contributed by atoms with Crippen molar-refractivity contribution >= 4 is 8.80 Å². The molecule has 0 heterocycles. The van der Waals surface area contributed by atoms with Crippen LogP contribution in [0.4, 0.5) is 0 Å². The molecule has 2 aromatic rings. The first-order valence-corrected chi connectivity index (χ1v) is 8.50. The molecule has 0 saturated carbocycles. The Bertz CT molecular complexity index is 523. The highest BCUT2D eigenvalue weighted by Crippen LogP contribution is 2.25. The van der Waals surface area contributed by atoms with Crippen LogP contribution in [0.5, 0.6) is 17.2 Å². The number of hydrogen-bond donors (Lipinski definition) is 0. The number of benzene rings is 2. The van der Waals surface area contributed by atoms with Gasteiger partial charge in [0, 0.05) is 20.8 Å². The lowest BCUT2D eigenvalue weighted by atomic mass is 10.3. The molecule has 4 nitrogen and oxygen atoms in total. The first kappa shape index (κ1) is 14.6. The third-order valence-electron chi connectivity index (χ3n) is 2.85. The SMILES string of the molecule is CO[Si](C)(OC)Oc1ccc(Oc2ccccc2)cc1. The zero-order valence-corrected chi connectivity index (χ0v) is 12.8. The smallest absolute Gasteiger partial charge is 0.501 e. The van der Waals surface area contributed by atoms with Gasteiger partial charge >= 0.3 is 8.80 Å². The summed E-state index contributed by atoms with van der Waals surface area (Å²) in [5.74, 6) is 2.25. The first-order chi connectivity index (χ1) is 9.65. The van der Waals surface area contributed by atoms with E-state index >= 15 is 0 Å². The average molecular weight is 290 g/mol. The van der Waals surface area contributed by atoms with Crippen LogP contribution in [-0.4, -0.2) is 23.0 Å². The number of rotatable bonds is 6. The minimum Gasteiger partial charge on any atom is -0.501 e. The molecule has 0 bridgehead atoms. The number of hydrogen-bond acceptors (Lipinski definition) is 4. The summed E-state index contributed by atoms with van der Waals surface area (Å²) >= 11 is 0. The predicted molar refractivity (Wildman–Crippen MR) is 79.2 cm³/mol. The molecular formula is C15H18O4Si. The normalized spacial score (nSPS) is 11.2. The fourth-order valence-corrected chi connectivity index (χ4v) is 2.48. The molecule has 0 unspecified atom stereocenters. The largest absolute Gasteiger partial charge is 0.562 e. The molecule has 0 amide bonds. The highest BCUT2D eigenvalue weighted by atomic mass is 28.4. The van der Waals surface area contributed by atoms with Gasteiger partial charge in [0.2, 0.25) is 0 Å². The molecule has 0 aliphatic carbocycles. The Morgan fingerprint density at radius 3 is 1.75 bits per heavy atom. The maximum atomic E-state index is 5.74. The average Bonchev–Trinajstić information content (AvgIpc) is 2.50. The molecular weight excluding hydrogens is 272 g/mol. The van der Waals surface area contributed by atoms with Crippen LogP contribution in [-0.2, 0) is 8.85 Å². The van der Waals surface area contributed by atoms with E-state index in [1.165, 1.54) is 0 Å². The predicted octanol–water partition coefficient (Wildman–Crippen LogP) is 3.72. The van der Waals surface area contributed by atoms with Gasteiger partial charge in [0.15, 0.2) is 0 Å². The molecule has 0 spiro atoms. The zero-order valence-electron chi connectivity index (χ0n) is 11.8. The van der Waals surface area contributed by atoms with Crippen molar-refractivity contribution in [2.75, 3.05) is 14.2 Å². The van der Waals surface area contributed by atoms with Crippen LogP contribution in [0.2, 0.25) is 6.55 Å². The van der Waals surface area contributed by atoms with E-state index in [-0.39, 0.29) is 0 Å². The van der Waals surface area contributed by atoms with Gasteiger partial charge in [0.05, 0.1) is 0 Å². The number of para-hydroxylation sites is 1. The molecule has 0 aromatic heterocycles. The summed E-state index contributed by atoms with van der Waals surface area (Å²) in [6, 6.07) is 17.0. The van der Waals surface area contributed by atoms with E-state index in [9.17, 15) is 0 Å². The summed E-state index contributed by atoms with van der Waals surface area (Å²) in [5.41, 5.74) is 0. The molecule has 0 atom stereocenters. The molecule has 0 fully saturated rings. The molecule has 0 radical (unpaired) electrons. The van der Waals surface area contributed by atoms with Crippen LogP contribution in [0.3, 0.4) is 0 Å². The molecule has 2 aromatic carbocycles. The zero-order chi connectivity index (χ0) is 14.4. The summed E-state index contributed by atoms with van der Waals surface area (Å²) in [5, 5.41) is 0. The fourth-order valence-electron chi connectivity index (χ4n) is 1.58. The van der Waals surface area contributed by atoms with E-state index in [0.717, 1.165) is 11.5 Å². The third-order valence-corrected chi connectivity index (χ3v) is 4.94. The summed E-state index contributed by atoms with van der Waals surface area (Å²) in [7, 11) is 0.601. The lowest BCUT2D eigenvalue weighted by Gasteiger charge is -2.22. The Balaban J connectivity index is 2.03. The second-order valence-electron chi connectivity index (χ2n) is 4.26. The minimum absolute atomic E-state index is 0.697. The Morgan fingerprint density at radius 1 is 0.700 bits per heavy atom. The molecule has 2 rings (SSSR count). The van der Waals surface area contributed by atoms with Crippen molar-refractivity contribution < 1.29 is 18.0 Å². The molecule has 20 heavy (non-hydrogen) atoms. The highest BCUT2D eigenvalue weighted by molar-refractivity contribution is 6.59. The van der Waals surface area contributed by atoms with E-state index < -0.39 is 8.80 Å².